The van der Waals surface area contributed by atoms with Gasteiger partial charge in [0, 0.05) is 43.0 Å². The summed E-state index contributed by atoms with van der Waals surface area (Å²) in [7, 11) is 1.67. The molecule has 0 fully saturated rings. The van der Waals surface area contributed by atoms with E-state index in [0.29, 0.717) is 23.4 Å². The first kappa shape index (κ1) is 17.9. The van der Waals surface area contributed by atoms with Crippen LogP contribution in [0, 0.1) is 0 Å². The lowest BCUT2D eigenvalue weighted by atomic mass is 10.2. The number of fused-ring (bicyclic) bond motifs is 2. The van der Waals surface area contributed by atoms with E-state index in [-0.39, 0.29) is 23.2 Å². The SMILES string of the molecule is CN1C(=O)/C(=N\N=C2/C(=O)N(Cc3ccccc3)c3ccncc32)c2cnccc21. The Morgan fingerprint density at radius 1 is 0.800 bits per heavy atom. The average molecular weight is 396 g/mol. The van der Waals surface area contributed by atoms with Crippen LogP contribution < -0.4 is 9.80 Å². The maximum atomic E-state index is 13.2. The number of nitrogens with zero attached hydrogens (tertiary/aromatic N) is 6. The first-order chi connectivity index (χ1) is 14.6. The molecular formula is C22H16N6O2. The predicted molar refractivity (Wildman–Crippen MR) is 113 cm³/mol. The van der Waals surface area contributed by atoms with E-state index in [0.717, 1.165) is 11.3 Å². The molecule has 0 spiro atoms. The lowest BCUT2D eigenvalue weighted by Crippen LogP contribution is -2.29. The van der Waals surface area contributed by atoms with Crippen LogP contribution in [0.1, 0.15) is 16.7 Å². The minimum atomic E-state index is -0.291. The van der Waals surface area contributed by atoms with Gasteiger partial charge in [0.25, 0.3) is 11.8 Å². The van der Waals surface area contributed by atoms with Gasteiger partial charge in [0.05, 0.1) is 17.9 Å². The van der Waals surface area contributed by atoms with Gasteiger partial charge >= 0.3 is 0 Å². The standard InChI is InChI=1S/C22H16N6O2/c1-27-17-7-9-23-11-15(17)19(21(27)29)25-26-20-16-12-24-10-8-18(16)28(22(20)30)13-14-5-3-2-4-6-14/h2-12H,13H2,1H3/b25-19-,26-20-. The van der Waals surface area contributed by atoms with Crippen molar-refractivity contribution in [3.05, 3.63) is 83.9 Å². The lowest BCUT2D eigenvalue weighted by Gasteiger charge is -2.16. The van der Waals surface area contributed by atoms with E-state index < -0.39 is 0 Å². The van der Waals surface area contributed by atoms with Crippen molar-refractivity contribution in [1.82, 2.24) is 9.97 Å². The van der Waals surface area contributed by atoms with Gasteiger partial charge in [-0.3, -0.25) is 19.6 Å². The van der Waals surface area contributed by atoms with Gasteiger partial charge in [0.2, 0.25) is 0 Å². The molecule has 8 nitrogen and oxygen atoms in total. The summed E-state index contributed by atoms with van der Waals surface area (Å²) in [6, 6.07) is 13.2. The molecular weight excluding hydrogens is 380 g/mol. The zero-order valence-corrected chi connectivity index (χ0v) is 16.1. The van der Waals surface area contributed by atoms with Crippen molar-refractivity contribution in [3.8, 4) is 0 Å². The Kier molecular flexibility index (Phi) is 4.17. The molecule has 0 saturated heterocycles. The van der Waals surface area contributed by atoms with Gasteiger partial charge in [0.15, 0.2) is 11.4 Å². The van der Waals surface area contributed by atoms with E-state index in [1.807, 2.05) is 30.3 Å². The number of amides is 2. The Bertz CT molecular complexity index is 1240. The summed E-state index contributed by atoms with van der Waals surface area (Å²) in [6.45, 7) is 0.403. The van der Waals surface area contributed by atoms with Gasteiger partial charge in [0.1, 0.15) is 0 Å². The fraction of sp³-hybridized carbons (Fsp3) is 0.0909. The van der Waals surface area contributed by atoms with Gasteiger partial charge in [-0.15, -0.1) is 10.2 Å². The van der Waals surface area contributed by atoms with Crippen LogP contribution in [0.25, 0.3) is 0 Å². The van der Waals surface area contributed by atoms with Gasteiger partial charge in [-0.1, -0.05) is 30.3 Å². The van der Waals surface area contributed by atoms with Crippen molar-refractivity contribution in [2.45, 2.75) is 6.54 Å². The number of benzene rings is 1. The van der Waals surface area contributed by atoms with Gasteiger partial charge < -0.3 is 9.80 Å². The maximum Gasteiger partial charge on any atom is 0.279 e. The van der Waals surface area contributed by atoms with Crippen molar-refractivity contribution in [2.24, 2.45) is 10.2 Å². The monoisotopic (exact) mass is 396 g/mol. The minimum absolute atomic E-state index is 0.160. The molecule has 1 aromatic carbocycles. The summed E-state index contributed by atoms with van der Waals surface area (Å²) in [5, 5.41) is 8.37. The molecule has 0 N–H and O–H groups in total. The van der Waals surface area contributed by atoms with Gasteiger partial charge in [-0.2, -0.15) is 0 Å². The highest BCUT2D eigenvalue weighted by atomic mass is 16.2. The summed E-state index contributed by atoms with van der Waals surface area (Å²) in [5.74, 6) is -0.572. The Morgan fingerprint density at radius 2 is 1.40 bits per heavy atom. The molecule has 8 heteroatoms. The molecule has 0 bridgehead atoms. The zero-order valence-electron chi connectivity index (χ0n) is 16.1. The van der Waals surface area contributed by atoms with Crippen LogP contribution in [0.2, 0.25) is 0 Å². The minimum Gasteiger partial charge on any atom is -0.309 e. The fourth-order valence-corrected chi connectivity index (χ4v) is 3.62. The molecule has 2 aliphatic heterocycles. The molecule has 0 atom stereocenters. The van der Waals surface area contributed by atoms with Crippen LogP contribution in [0.15, 0.2) is 77.5 Å². The summed E-state index contributed by atoms with van der Waals surface area (Å²) in [5.41, 5.74) is 3.92. The number of carbonyl (C=O) groups is 2. The summed E-state index contributed by atoms with van der Waals surface area (Å²) in [4.78, 5) is 37.1. The fourth-order valence-electron chi connectivity index (χ4n) is 3.62. The molecule has 2 aliphatic rings. The predicted octanol–water partition coefficient (Wildman–Crippen LogP) is 2.19. The smallest absolute Gasteiger partial charge is 0.279 e. The van der Waals surface area contributed by atoms with Crippen molar-refractivity contribution < 1.29 is 9.59 Å². The molecule has 0 aliphatic carbocycles. The quantitative estimate of drug-likeness (QED) is 0.635. The molecule has 0 radical (unpaired) electrons. The lowest BCUT2D eigenvalue weighted by molar-refractivity contribution is -0.113. The second kappa shape index (κ2) is 7.00. The number of rotatable bonds is 3. The van der Waals surface area contributed by atoms with Crippen LogP contribution in [0.5, 0.6) is 0 Å². The highest BCUT2D eigenvalue weighted by Gasteiger charge is 2.35. The highest BCUT2D eigenvalue weighted by molar-refractivity contribution is 6.56. The highest BCUT2D eigenvalue weighted by Crippen LogP contribution is 2.31. The first-order valence-corrected chi connectivity index (χ1v) is 9.33. The van der Waals surface area contributed by atoms with Gasteiger partial charge in [-0.25, -0.2) is 0 Å². The number of pyridine rings is 2. The van der Waals surface area contributed by atoms with Crippen molar-refractivity contribution in [3.63, 3.8) is 0 Å². The van der Waals surface area contributed by atoms with Crippen molar-refractivity contribution >= 4 is 34.6 Å². The Balaban J connectivity index is 1.55. The van der Waals surface area contributed by atoms with E-state index in [1.54, 1.807) is 48.9 Å². The van der Waals surface area contributed by atoms with Crippen molar-refractivity contribution in [2.75, 3.05) is 16.8 Å². The Hall–Kier alpha value is -4.20. The molecule has 146 valence electrons. The number of anilines is 2. The van der Waals surface area contributed by atoms with Gasteiger partial charge in [-0.05, 0) is 17.7 Å². The average Bonchev–Trinajstić information content (AvgIpc) is 3.19. The Labute approximate surface area is 172 Å². The molecule has 0 saturated carbocycles. The molecule has 30 heavy (non-hydrogen) atoms. The van der Waals surface area contributed by atoms with E-state index in [1.165, 1.54) is 4.90 Å². The molecule has 2 amide bonds. The largest absolute Gasteiger partial charge is 0.309 e. The number of aromatic nitrogens is 2. The van der Waals surface area contributed by atoms with E-state index in [2.05, 4.69) is 20.2 Å². The van der Waals surface area contributed by atoms with Crippen LogP contribution in [-0.2, 0) is 16.1 Å². The van der Waals surface area contributed by atoms with Crippen LogP contribution >= 0.6 is 0 Å². The number of carbonyl (C=O) groups excluding carboxylic acids is 2. The number of hydrogen-bond acceptors (Lipinski definition) is 6. The van der Waals surface area contributed by atoms with E-state index in [4.69, 9.17) is 0 Å². The summed E-state index contributed by atoms with van der Waals surface area (Å²) in [6.07, 6.45) is 6.41. The summed E-state index contributed by atoms with van der Waals surface area (Å²) >= 11 is 0. The third kappa shape index (κ3) is 2.77. The van der Waals surface area contributed by atoms with Crippen molar-refractivity contribution in [1.29, 1.82) is 0 Å². The van der Waals surface area contributed by atoms with Crippen LogP contribution in [0.4, 0.5) is 11.4 Å². The van der Waals surface area contributed by atoms with Crippen LogP contribution in [-0.4, -0.2) is 40.3 Å². The topological polar surface area (TPSA) is 91.1 Å². The normalized spacial score (nSPS) is 17.8. The second-order valence-electron chi connectivity index (χ2n) is 6.92. The third-order valence-electron chi connectivity index (χ3n) is 5.15. The maximum absolute atomic E-state index is 13.2. The second-order valence-corrected chi connectivity index (χ2v) is 6.92. The Morgan fingerprint density at radius 3 is 2.10 bits per heavy atom. The van der Waals surface area contributed by atoms with E-state index in [9.17, 15) is 9.59 Å². The third-order valence-corrected chi connectivity index (χ3v) is 5.15. The number of likely N-dealkylation sites (N-methyl/N-ethyl adjacent to an activating group) is 1. The zero-order chi connectivity index (χ0) is 20.7. The van der Waals surface area contributed by atoms with Crippen LogP contribution in [0.3, 0.4) is 0 Å². The summed E-state index contributed by atoms with van der Waals surface area (Å²) < 4.78 is 0. The molecule has 4 heterocycles. The first-order valence-electron chi connectivity index (χ1n) is 9.33. The van der Waals surface area contributed by atoms with E-state index >= 15 is 0 Å². The molecule has 2 aromatic heterocycles. The molecule has 5 rings (SSSR count). The molecule has 3 aromatic rings. The number of hydrogen-bond donors (Lipinski definition) is 0. The molecule has 0 unspecified atom stereocenters.